The van der Waals surface area contributed by atoms with Gasteiger partial charge in [0.05, 0.1) is 0 Å². The Morgan fingerprint density at radius 2 is 1.71 bits per heavy atom. The molecule has 0 aliphatic rings. The van der Waals surface area contributed by atoms with Crippen molar-refractivity contribution in [2.45, 2.75) is 24.8 Å². The fraction of sp³-hybridized carbons (Fsp3) is 0.200. The number of nitrogens with two attached hydrogens (primary N) is 1. The second-order valence-corrected chi connectivity index (χ2v) is 6.42. The Morgan fingerprint density at radius 3 is 2.29 bits per heavy atom. The zero-order valence-electron chi connectivity index (χ0n) is 11.6. The zero-order valence-corrected chi connectivity index (χ0v) is 12.5. The van der Waals surface area contributed by atoms with Crippen molar-refractivity contribution in [1.82, 2.24) is 4.72 Å². The molecule has 0 saturated heterocycles. The van der Waals surface area contributed by atoms with Crippen molar-refractivity contribution in [2.24, 2.45) is 0 Å². The molecule has 0 fully saturated rings. The SMILES string of the molecule is CCc1ccc(CNS(=O)(=O)c2ccc(N)cc2F)cc1. The molecule has 0 radical (unpaired) electrons. The second kappa shape index (κ2) is 6.24. The molecule has 0 aliphatic carbocycles. The van der Waals surface area contributed by atoms with E-state index in [9.17, 15) is 12.8 Å². The van der Waals surface area contributed by atoms with Crippen LogP contribution in [0.5, 0.6) is 0 Å². The third-order valence-electron chi connectivity index (χ3n) is 3.14. The van der Waals surface area contributed by atoms with Crippen LogP contribution in [0.4, 0.5) is 10.1 Å². The standard InChI is InChI=1S/C15H17FN2O2S/c1-2-11-3-5-12(6-4-11)10-18-21(19,20)15-8-7-13(17)9-14(15)16/h3-9,18H,2,10,17H2,1H3. The largest absolute Gasteiger partial charge is 0.399 e. The summed E-state index contributed by atoms with van der Waals surface area (Å²) in [6, 6.07) is 11.1. The van der Waals surface area contributed by atoms with Gasteiger partial charge in [0.25, 0.3) is 0 Å². The van der Waals surface area contributed by atoms with Crippen LogP contribution < -0.4 is 10.5 Å². The highest BCUT2D eigenvalue weighted by molar-refractivity contribution is 7.89. The van der Waals surface area contributed by atoms with E-state index < -0.39 is 20.7 Å². The normalized spacial score (nSPS) is 11.5. The first-order chi connectivity index (χ1) is 9.92. The highest BCUT2D eigenvalue weighted by atomic mass is 32.2. The van der Waals surface area contributed by atoms with Crippen LogP contribution in [0.1, 0.15) is 18.1 Å². The predicted octanol–water partition coefficient (Wildman–Crippen LogP) is 2.45. The summed E-state index contributed by atoms with van der Waals surface area (Å²) in [5.74, 6) is -0.858. The first-order valence-corrected chi connectivity index (χ1v) is 8.03. The molecule has 0 spiro atoms. The quantitative estimate of drug-likeness (QED) is 0.833. The number of nitrogen functional groups attached to an aromatic ring is 1. The number of benzene rings is 2. The van der Waals surface area contributed by atoms with Gasteiger partial charge < -0.3 is 5.73 Å². The minimum absolute atomic E-state index is 0.107. The van der Waals surface area contributed by atoms with Gasteiger partial charge >= 0.3 is 0 Å². The summed E-state index contributed by atoms with van der Waals surface area (Å²) in [7, 11) is -3.90. The molecular weight excluding hydrogens is 291 g/mol. The highest BCUT2D eigenvalue weighted by Gasteiger charge is 2.18. The number of anilines is 1. The molecule has 0 saturated carbocycles. The molecule has 0 atom stereocenters. The fourth-order valence-corrected chi connectivity index (χ4v) is 2.96. The molecule has 6 heteroatoms. The summed E-state index contributed by atoms with van der Waals surface area (Å²) >= 11 is 0. The van der Waals surface area contributed by atoms with Crippen molar-refractivity contribution in [3.8, 4) is 0 Å². The van der Waals surface area contributed by atoms with E-state index in [0.717, 1.165) is 24.1 Å². The Kier molecular flexibility index (Phi) is 4.59. The first-order valence-electron chi connectivity index (χ1n) is 6.55. The average Bonchev–Trinajstić information content (AvgIpc) is 2.45. The number of hydrogen-bond donors (Lipinski definition) is 2. The van der Waals surface area contributed by atoms with Crippen molar-refractivity contribution in [3.05, 3.63) is 59.4 Å². The Labute approximate surface area is 123 Å². The molecule has 2 aromatic carbocycles. The van der Waals surface area contributed by atoms with Gasteiger partial charge in [-0.3, -0.25) is 0 Å². The van der Waals surface area contributed by atoms with Gasteiger partial charge in [-0.1, -0.05) is 31.2 Å². The Bertz CT molecular complexity index is 728. The number of nitrogens with one attached hydrogen (secondary N) is 1. The van der Waals surface area contributed by atoms with Crippen molar-refractivity contribution >= 4 is 15.7 Å². The maximum Gasteiger partial charge on any atom is 0.243 e. The molecular formula is C15H17FN2O2S. The molecule has 4 nitrogen and oxygen atoms in total. The van der Waals surface area contributed by atoms with Crippen molar-refractivity contribution in [2.75, 3.05) is 5.73 Å². The predicted molar refractivity (Wildman–Crippen MR) is 80.7 cm³/mol. The number of hydrogen-bond acceptors (Lipinski definition) is 3. The monoisotopic (exact) mass is 308 g/mol. The van der Waals surface area contributed by atoms with Crippen LogP contribution in [-0.2, 0) is 23.0 Å². The lowest BCUT2D eigenvalue weighted by Crippen LogP contribution is -2.24. The van der Waals surface area contributed by atoms with Gasteiger partial charge in [0.1, 0.15) is 10.7 Å². The van der Waals surface area contributed by atoms with Gasteiger partial charge in [-0.15, -0.1) is 0 Å². The topological polar surface area (TPSA) is 72.2 Å². The third kappa shape index (κ3) is 3.80. The van der Waals surface area contributed by atoms with Crippen LogP contribution in [0, 0.1) is 5.82 Å². The smallest absolute Gasteiger partial charge is 0.243 e. The van der Waals surface area contributed by atoms with E-state index in [4.69, 9.17) is 5.73 Å². The van der Waals surface area contributed by atoms with Crippen LogP contribution in [0.15, 0.2) is 47.4 Å². The highest BCUT2D eigenvalue weighted by Crippen LogP contribution is 2.17. The summed E-state index contributed by atoms with van der Waals surface area (Å²) in [4.78, 5) is -0.401. The summed E-state index contributed by atoms with van der Waals surface area (Å²) in [6.07, 6.45) is 0.919. The van der Waals surface area contributed by atoms with Crippen LogP contribution in [0.2, 0.25) is 0 Å². The molecule has 0 bridgehead atoms. The van der Waals surface area contributed by atoms with E-state index in [1.54, 1.807) is 0 Å². The molecule has 112 valence electrons. The molecule has 0 heterocycles. The lowest BCUT2D eigenvalue weighted by molar-refractivity contribution is 0.557. The van der Waals surface area contributed by atoms with Crippen LogP contribution >= 0.6 is 0 Å². The van der Waals surface area contributed by atoms with E-state index >= 15 is 0 Å². The van der Waals surface area contributed by atoms with Gasteiger partial charge in [0.15, 0.2) is 0 Å². The number of sulfonamides is 1. The molecule has 0 aromatic heterocycles. The van der Waals surface area contributed by atoms with E-state index in [-0.39, 0.29) is 12.2 Å². The number of rotatable bonds is 5. The summed E-state index contributed by atoms with van der Waals surface area (Å²) in [5, 5.41) is 0. The lowest BCUT2D eigenvalue weighted by Gasteiger charge is -2.08. The summed E-state index contributed by atoms with van der Waals surface area (Å²) in [6.45, 7) is 2.15. The summed E-state index contributed by atoms with van der Waals surface area (Å²) < 4.78 is 40.2. The zero-order chi connectivity index (χ0) is 15.5. The maximum absolute atomic E-state index is 13.7. The third-order valence-corrected chi connectivity index (χ3v) is 4.58. The second-order valence-electron chi connectivity index (χ2n) is 4.68. The minimum atomic E-state index is -3.90. The van der Waals surface area contributed by atoms with Crippen LogP contribution in [0.25, 0.3) is 0 Å². The van der Waals surface area contributed by atoms with Gasteiger partial charge in [-0.2, -0.15) is 0 Å². The molecule has 2 rings (SSSR count). The fourth-order valence-electron chi connectivity index (χ4n) is 1.88. The van der Waals surface area contributed by atoms with Crippen molar-refractivity contribution in [3.63, 3.8) is 0 Å². The Morgan fingerprint density at radius 1 is 1.10 bits per heavy atom. The average molecular weight is 308 g/mol. The van der Waals surface area contributed by atoms with Crippen molar-refractivity contribution in [1.29, 1.82) is 0 Å². The van der Waals surface area contributed by atoms with Crippen molar-refractivity contribution < 1.29 is 12.8 Å². The molecule has 3 N–H and O–H groups in total. The molecule has 0 amide bonds. The van der Waals surface area contributed by atoms with Gasteiger partial charge in [-0.05, 0) is 35.7 Å². The minimum Gasteiger partial charge on any atom is -0.399 e. The first kappa shape index (κ1) is 15.5. The van der Waals surface area contributed by atoms with E-state index in [1.807, 2.05) is 31.2 Å². The van der Waals surface area contributed by atoms with Gasteiger partial charge in [-0.25, -0.2) is 17.5 Å². The van der Waals surface area contributed by atoms with Gasteiger partial charge in [0.2, 0.25) is 10.0 Å². The molecule has 0 aliphatic heterocycles. The number of halogens is 1. The molecule has 0 unspecified atom stereocenters. The molecule has 21 heavy (non-hydrogen) atoms. The van der Waals surface area contributed by atoms with Crippen LogP contribution in [-0.4, -0.2) is 8.42 Å². The van der Waals surface area contributed by atoms with E-state index in [2.05, 4.69) is 4.72 Å². The molecule has 2 aromatic rings. The Hall–Kier alpha value is -1.92. The Balaban J connectivity index is 2.13. The van der Waals surface area contributed by atoms with E-state index in [1.165, 1.54) is 11.6 Å². The van der Waals surface area contributed by atoms with E-state index in [0.29, 0.717) is 0 Å². The maximum atomic E-state index is 13.7. The summed E-state index contributed by atoms with van der Waals surface area (Å²) in [5.41, 5.74) is 7.57. The van der Waals surface area contributed by atoms with Gasteiger partial charge in [0, 0.05) is 12.2 Å². The number of aryl methyl sites for hydroxylation is 1. The van der Waals surface area contributed by atoms with Crippen LogP contribution in [0.3, 0.4) is 0 Å². The lowest BCUT2D eigenvalue weighted by atomic mass is 10.1.